The summed E-state index contributed by atoms with van der Waals surface area (Å²) in [7, 11) is 1.69. The zero-order chi connectivity index (χ0) is 10.5. The van der Waals surface area contributed by atoms with Gasteiger partial charge in [-0.3, -0.25) is 0 Å². The number of hydrogen-bond donors (Lipinski definition) is 0. The van der Waals surface area contributed by atoms with E-state index in [0.29, 0.717) is 6.61 Å². The minimum atomic E-state index is -0.236. The van der Waals surface area contributed by atoms with Gasteiger partial charge in [0.2, 0.25) is 0 Å². The van der Waals surface area contributed by atoms with Crippen LogP contribution < -0.4 is 0 Å². The van der Waals surface area contributed by atoms with E-state index >= 15 is 0 Å². The van der Waals surface area contributed by atoms with Crippen molar-refractivity contribution in [2.75, 3.05) is 20.3 Å². The molecule has 0 amide bonds. The number of methoxy groups -OCH3 is 1. The summed E-state index contributed by atoms with van der Waals surface area (Å²) in [5.74, 6) is 0. The van der Waals surface area contributed by atoms with Crippen LogP contribution in [0.15, 0.2) is 30.3 Å². The van der Waals surface area contributed by atoms with E-state index in [-0.39, 0.29) is 12.4 Å². The fourth-order valence-corrected chi connectivity index (χ4v) is 1.68. The topological polar surface area (TPSA) is 27.7 Å². The Kier molecular flexibility index (Phi) is 3.72. The van der Waals surface area contributed by atoms with Gasteiger partial charge in [-0.2, -0.15) is 0 Å². The Morgan fingerprint density at radius 1 is 1.33 bits per heavy atom. The first-order valence-corrected chi connectivity index (χ1v) is 5.21. The second-order valence-electron chi connectivity index (χ2n) is 3.62. The molecule has 1 heterocycles. The van der Waals surface area contributed by atoms with Gasteiger partial charge < -0.3 is 14.2 Å². The lowest BCUT2D eigenvalue weighted by Gasteiger charge is -2.30. The van der Waals surface area contributed by atoms with Crippen LogP contribution in [-0.2, 0) is 14.2 Å². The van der Waals surface area contributed by atoms with Gasteiger partial charge in [0.15, 0.2) is 6.29 Å². The van der Waals surface area contributed by atoms with Crippen LogP contribution in [0.2, 0.25) is 0 Å². The number of rotatable bonds is 3. The molecule has 82 valence electrons. The Labute approximate surface area is 90.0 Å². The number of benzene rings is 1. The molecule has 2 rings (SSSR count). The average molecular weight is 208 g/mol. The highest BCUT2D eigenvalue weighted by Gasteiger charge is 2.23. The van der Waals surface area contributed by atoms with E-state index < -0.39 is 0 Å². The third-order valence-electron chi connectivity index (χ3n) is 2.45. The Balaban J connectivity index is 1.98. The minimum absolute atomic E-state index is 0.147. The Hall–Kier alpha value is -0.900. The van der Waals surface area contributed by atoms with Gasteiger partial charge in [-0.15, -0.1) is 0 Å². The lowest BCUT2D eigenvalue weighted by molar-refractivity contribution is -0.225. The van der Waals surface area contributed by atoms with Crippen LogP contribution in [0.25, 0.3) is 0 Å². The number of ether oxygens (including phenoxy) is 3. The SMILES string of the molecule is COCC1CCOC(c2ccccc2)O1. The van der Waals surface area contributed by atoms with Crippen LogP contribution in [0.5, 0.6) is 0 Å². The molecule has 3 nitrogen and oxygen atoms in total. The second-order valence-corrected chi connectivity index (χ2v) is 3.62. The van der Waals surface area contributed by atoms with Crippen LogP contribution in [0.3, 0.4) is 0 Å². The van der Waals surface area contributed by atoms with E-state index in [2.05, 4.69) is 0 Å². The molecule has 0 N–H and O–H groups in total. The normalized spacial score (nSPS) is 26.5. The van der Waals surface area contributed by atoms with Crippen molar-refractivity contribution in [2.24, 2.45) is 0 Å². The van der Waals surface area contributed by atoms with Gasteiger partial charge >= 0.3 is 0 Å². The molecule has 1 aromatic rings. The molecule has 0 bridgehead atoms. The smallest absolute Gasteiger partial charge is 0.184 e. The minimum Gasteiger partial charge on any atom is -0.382 e. The third kappa shape index (κ3) is 2.78. The summed E-state index contributed by atoms with van der Waals surface area (Å²) >= 11 is 0. The van der Waals surface area contributed by atoms with Gasteiger partial charge in [-0.05, 0) is 6.42 Å². The van der Waals surface area contributed by atoms with Crippen molar-refractivity contribution in [1.29, 1.82) is 0 Å². The molecule has 3 heteroatoms. The second kappa shape index (κ2) is 5.26. The van der Waals surface area contributed by atoms with Gasteiger partial charge in [0.1, 0.15) is 0 Å². The molecule has 0 saturated carbocycles. The fraction of sp³-hybridized carbons (Fsp3) is 0.500. The monoisotopic (exact) mass is 208 g/mol. The van der Waals surface area contributed by atoms with Gasteiger partial charge in [-0.25, -0.2) is 0 Å². The molecule has 1 aliphatic heterocycles. The van der Waals surface area contributed by atoms with Crippen molar-refractivity contribution in [3.05, 3.63) is 35.9 Å². The molecule has 2 atom stereocenters. The van der Waals surface area contributed by atoms with Crippen molar-refractivity contribution in [3.63, 3.8) is 0 Å². The highest BCUT2D eigenvalue weighted by molar-refractivity contribution is 5.16. The highest BCUT2D eigenvalue weighted by atomic mass is 16.7. The van der Waals surface area contributed by atoms with Crippen LogP contribution in [0.1, 0.15) is 18.3 Å². The Bertz CT molecular complexity index is 284. The van der Waals surface area contributed by atoms with E-state index in [4.69, 9.17) is 14.2 Å². The highest BCUT2D eigenvalue weighted by Crippen LogP contribution is 2.25. The first-order valence-electron chi connectivity index (χ1n) is 5.21. The van der Waals surface area contributed by atoms with E-state index in [1.807, 2.05) is 30.3 Å². The quantitative estimate of drug-likeness (QED) is 0.761. The zero-order valence-electron chi connectivity index (χ0n) is 8.89. The molecular weight excluding hydrogens is 192 g/mol. The molecule has 1 saturated heterocycles. The van der Waals surface area contributed by atoms with Crippen molar-refractivity contribution >= 4 is 0 Å². The molecule has 0 aromatic heterocycles. The summed E-state index contributed by atoms with van der Waals surface area (Å²) in [6.07, 6.45) is 0.811. The first kappa shape index (κ1) is 10.6. The molecule has 0 radical (unpaired) electrons. The maximum absolute atomic E-state index is 5.77. The molecule has 1 fully saturated rings. The maximum Gasteiger partial charge on any atom is 0.184 e. The molecule has 0 spiro atoms. The predicted molar refractivity (Wildman–Crippen MR) is 56.5 cm³/mol. The molecular formula is C12H16O3. The molecule has 1 aromatic carbocycles. The van der Waals surface area contributed by atoms with Crippen molar-refractivity contribution in [2.45, 2.75) is 18.8 Å². The van der Waals surface area contributed by atoms with Crippen molar-refractivity contribution in [3.8, 4) is 0 Å². The third-order valence-corrected chi connectivity index (χ3v) is 2.45. The average Bonchev–Trinajstić information content (AvgIpc) is 2.31. The fourth-order valence-electron chi connectivity index (χ4n) is 1.68. The Morgan fingerprint density at radius 3 is 2.87 bits per heavy atom. The summed E-state index contributed by atoms with van der Waals surface area (Å²) in [6, 6.07) is 9.99. The number of hydrogen-bond acceptors (Lipinski definition) is 3. The van der Waals surface area contributed by atoms with Crippen LogP contribution in [0.4, 0.5) is 0 Å². The molecule has 0 aliphatic carbocycles. The van der Waals surface area contributed by atoms with Crippen LogP contribution in [0, 0.1) is 0 Å². The van der Waals surface area contributed by atoms with Gasteiger partial charge in [-0.1, -0.05) is 30.3 Å². The Morgan fingerprint density at radius 2 is 2.13 bits per heavy atom. The summed E-state index contributed by atoms with van der Waals surface area (Å²) in [5, 5.41) is 0. The van der Waals surface area contributed by atoms with Gasteiger partial charge in [0.25, 0.3) is 0 Å². The van der Waals surface area contributed by atoms with E-state index in [0.717, 1.165) is 18.6 Å². The lowest BCUT2D eigenvalue weighted by atomic mass is 10.2. The first-order chi connectivity index (χ1) is 7.40. The van der Waals surface area contributed by atoms with Crippen LogP contribution >= 0.6 is 0 Å². The largest absolute Gasteiger partial charge is 0.382 e. The van der Waals surface area contributed by atoms with Gasteiger partial charge in [0.05, 0.1) is 19.3 Å². The maximum atomic E-state index is 5.77. The van der Waals surface area contributed by atoms with E-state index in [1.54, 1.807) is 7.11 Å². The van der Waals surface area contributed by atoms with Crippen molar-refractivity contribution < 1.29 is 14.2 Å². The van der Waals surface area contributed by atoms with Crippen LogP contribution in [-0.4, -0.2) is 26.4 Å². The van der Waals surface area contributed by atoms with Gasteiger partial charge in [0, 0.05) is 12.7 Å². The summed E-state index contributed by atoms with van der Waals surface area (Å²) in [6.45, 7) is 1.36. The lowest BCUT2D eigenvalue weighted by Crippen LogP contribution is -2.30. The van der Waals surface area contributed by atoms with E-state index in [9.17, 15) is 0 Å². The standard InChI is InChI=1S/C12H16O3/c1-13-9-11-7-8-14-12(15-11)10-5-3-2-4-6-10/h2-6,11-12H,7-9H2,1H3. The van der Waals surface area contributed by atoms with E-state index in [1.165, 1.54) is 0 Å². The molecule has 15 heavy (non-hydrogen) atoms. The predicted octanol–water partition coefficient (Wildman–Crippen LogP) is 2.14. The van der Waals surface area contributed by atoms with Crippen molar-refractivity contribution in [1.82, 2.24) is 0 Å². The zero-order valence-corrected chi connectivity index (χ0v) is 8.89. The summed E-state index contributed by atoms with van der Waals surface area (Å²) < 4.78 is 16.4. The molecule has 1 aliphatic rings. The summed E-state index contributed by atoms with van der Waals surface area (Å²) in [4.78, 5) is 0. The molecule has 2 unspecified atom stereocenters. The summed E-state index contributed by atoms with van der Waals surface area (Å²) in [5.41, 5.74) is 1.07.